The normalized spacial score (nSPS) is 10.9. The Morgan fingerprint density at radius 1 is 0.895 bits per heavy atom. The standard InChI is InChI=1S/C17H14ClN/c1-11-12(2)17(13-6-5-7-14(18)10-13)19-16-9-4-3-8-15(11)16/h3-10H,1-2H3. The molecule has 0 N–H and O–H groups in total. The molecule has 3 aromatic rings. The van der Waals surface area contributed by atoms with Crippen molar-refractivity contribution in [2.75, 3.05) is 0 Å². The molecule has 1 nitrogen and oxygen atoms in total. The van der Waals surface area contributed by atoms with Crippen LogP contribution in [0.15, 0.2) is 48.5 Å². The zero-order chi connectivity index (χ0) is 13.4. The van der Waals surface area contributed by atoms with E-state index in [4.69, 9.17) is 16.6 Å². The number of benzene rings is 2. The molecule has 0 saturated carbocycles. The predicted octanol–water partition coefficient (Wildman–Crippen LogP) is 5.17. The maximum Gasteiger partial charge on any atom is 0.0742 e. The highest BCUT2D eigenvalue weighted by Gasteiger charge is 2.10. The van der Waals surface area contributed by atoms with Gasteiger partial charge in [-0.25, -0.2) is 4.98 Å². The van der Waals surface area contributed by atoms with Crippen molar-refractivity contribution in [3.63, 3.8) is 0 Å². The van der Waals surface area contributed by atoms with E-state index < -0.39 is 0 Å². The van der Waals surface area contributed by atoms with E-state index in [2.05, 4.69) is 38.1 Å². The lowest BCUT2D eigenvalue weighted by Gasteiger charge is -2.11. The minimum Gasteiger partial charge on any atom is -0.247 e. The molecule has 1 aromatic heterocycles. The van der Waals surface area contributed by atoms with Crippen molar-refractivity contribution in [1.29, 1.82) is 0 Å². The number of rotatable bonds is 1. The van der Waals surface area contributed by atoms with Gasteiger partial charge in [0, 0.05) is 16.0 Å². The monoisotopic (exact) mass is 267 g/mol. The molecule has 0 aliphatic carbocycles. The molecule has 0 amide bonds. The number of hydrogen-bond donors (Lipinski definition) is 0. The smallest absolute Gasteiger partial charge is 0.0742 e. The van der Waals surface area contributed by atoms with Crippen LogP contribution in [0.5, 0.6) is 0 Å². The van der Waals surface area contributed by atoms with Gasteiger partial charge in [0.1, 0.15) is 0 Å². The summed E-state index contributed by atoms with van der Waals surface area (Å²) in [5.74, 6) is 0. The molecule has 19 heavy (non-hydrogen) atoms. The van der Waals surface area contributed by atoms with E-state index in [1.54, 1.807) is 0 Å². The Morgan fingerprint density at radius 3 is 2.47 bits per heavy atom. The quantitative estimate of drug-likeness (QED) is 0.593. The Bertz CT molecular complexity index is 762. The Labute approximate surface area is 117 Å². The fourth-order valence-corrected chi connectivity index (χ4v) is 2.58. The molecule has 0 saturated heterocycles. The van der Waals surface area contributed by atoms with Crippen LogP contribution in [0.2, 0.25) is 5.02 Å². The number of nitrogens with zero attached hydrogens (tertiary/aromatic N) is 1. The average Bonchev–Trinajstić information content (AvgIpc) is 2.43. The molecule has 1 heterocycles. The number of aryl methyl sites for hydroxylation is 1. The van der Waals surface area contributed by atoms with Crippen molar-refractivity contribution in [2.24, 2.45) is 0 Å². The van der Waals surface area contributed by atoms with Crippen molar-refractivity contribution in [2.45, 2.75) is 13.8 Å². The second-order valence-electron chi connectivity index (χ2n) is 4.74. The minimum atomic E-state index is 0.740. The van der Waals surface area contributed by atoms with Crippen LogP contribution in [0, 0.1) is 13.8 Å². The van der Waals surface area contributed by atoms with Gasteiger partial charge in [-0.1, -0.05) is 41.9 Å². The first kappa shape index (κ1) is 12.2. The summed E-state index contributed by atoms with van der Waals surface area (Å²) in [5, 5.41) is 1.95. The average molecular weight is 268 g/mol. The minimum absolute atomic E-state index is 0.740. The highest BCUT2D eigenvalue weighted by atomic mass is 35.5. The van der Waals surface area contributed by atoms with Crippen LogP contribution in [-0.4, -0.2) is 4.98 Å². The third-order valence-corrected chi connectivity index (χ3v) is 3.79. The molecule has 2 aromatic carbocycles. The SMILES string of the molecule is Cc1c(-c2cccc(Cl)c2)nc2ccccc2c1C. The summed E-state index contributed by atoms with van der Waals surface area (Å²) in [4.78, 5) is 4.79. The molecular weight excluding hydrogens is 254 g/mol. The van der Waals surface area contributed by atoms with E-state index in [0.29, 0.717) is 0 Å². The van der Waals surface area contributed by atoms with Gasteiger partial charge in [-0.05, 0) is 43.2 Å². The summed E-state index contributed by atoms with van der Waals surface area (Å²) >= 11 is 6.08. The number of halogens is 1. The van der Waals surface area contributed by atoms with Gasteiger partial charge in [-0.3, -0.25) is 0 Å². The maximum absolute atomic E-state index is 6.08. The van der Waals surface area contributed by atoms with E-state index in [1.807, 2.05) is 24.3 Å². The molecule has 0 aliphatic heterocycles. The highest BCUT2D eigenvalue weighted by Crippen LogP contribution is 2.29. The largest absolute Gasteiger partial charge is 0.247 e. The third kappa shape index (κ3) is 2.11. The van der Waals surface area contributed by atoms with Crippen molar-refractivity contribution < 1.29 is 0 Å². The van der Waals surface area contributed by atoms with Gasteiger partial charge in [-0.15, -0.1) is 0 Å². The Hall–Kier alpha value is -1.86. The van der Waals surface area contributed by atoms with Crippen LogP contribution < -0.4 is 0 Å². The first-order valence-corrected chi connectivity index (χ1v) is 6.66. The maximum atomic E-state index is 6.08. The van der Waals surface area contributed by atoms with Crippen LogP contribution in [-0.2, 0) is 0 Å². The topological polar surface area (TPSA) is 12.9 Å². The van der Waals surface area contributed by atoms with E-state index in [-0.39, 0.29) is 0 Å². The lowest BCUT2D eigenvalue weighted by Crippen LogP contribution is -1.94. The number of hydrogen-bond acceptors (Lipinski definition) is 1. The Balaban J connectivity index is 2.33. The van der Waals surface area contributed by atoms with E-state index >= 15 is 0 Å². The van der Waals surface area contributed by atoms with Crippen LogP contribution in [0.25, 0.3) is 22.2 Å². The zero-order valence-electron chi connectivity index (χ0n) is 10.9. The summed E-state index contributed by atoms with van der Waals surface area (Å²) in [6.07, 6.45) is 0. The molecule has 3 rings (SSSR count). The molecule has 0 spiro atoms. The van der Waals surface area contributed by atoms with Gasteiger partial charge in [0.05, 0.1) is 11.2 Å². The summed E-state index contributed by atoms with van der Waals surface area (Å²) in [5.41, 5.74) is 5.60. The second kappa shape index (κ2) is 4.67. The first-order valence-electron chi connectivity index (χ1n) is 6.28. The van der Waals surface area contributed by atoms with Crippen LogP contribution >= 0.6 is 11.6 Å². The molecule has 0 unspecified atom stereocenters. The van der Waals surface area contributed by atoms with Crippen molar-refractivity contribution >= 4 is 22.5 Å². The zero-order valence-corrected chi connectivity index (χ0v) is 11.7. The van der Waals surface area contributed by atoms with E-state index in [9.17, 15) is 0 Å². The molecule has 0 fully saturated rings. The summed E-state index contributed by atoms with van der Waals surface area (Å²) < 4.78 is 0. The number of aromatic nitrogens is 1. The molecule has 2 heteroatoms. The highest BCUT2D eigenvalue weighted by molar-refractivity contribution is 6.30. The summed E-state index contributed by atoms with van der Waals surface area (Å²) in [6, 6.07) is 16.1. The molecule has 0 aliphatic rings. The number of fused-ring (bicyclic) bond motifs is 1. The second-order valence-corrected chi connectivity index (χ2v) is 5.17. The number of pyridine rings is 1. The van der Waals surface area contributed by atoms with Gasteiger partial charge >= 0.3 is 0 Å². The van der Waals surface area contributed by atoms with Gasteiger partial charge in [0.2, 0.25) is 0 Å². The van der Waals surface area contributed by atoms with E-state index in [0.717, 1.165) is 21.8 Å². The van der Waals surface area contributed by atoms with Crippen molar-refractivity contribution in [3.05, 3.63) is 64.7 Å². The first-order chi connectivity index (χ1) is 9.16. The van der Waals surface area contributed by atoms with Crippen LogP contribution in [0.4, 0.5) is 0 Å². The Kier molecular flexibility index (Phi) is 3.00. The van der Waals surface area contributed by atoms with Gasteiger partial charge in [0.25, 0.3) is 0 Å². The third-order valence-electron chi connectivity index (χ3n) is 3.56. The van der Waals surface area contributed by atoms with Crippen molar-refractivity contribution in [3.8, 4) is 11.3 Å². The van der Waals surface area contributed by atoms with Gasteiger partial charge in [-0.2, -0.15) is 0 Å². The van der Waals surface area contributed by atoms with Gasteiger partial charge in [0.15, 0.2) is 0 Å². The number of para-hydroxylation sites is 1. The van der Waals surface area contributed by atoms with Crippen LogP contribution in [0.1, 0.15) is 11.1 Å². The molecule has 0 bridgehead atoms. The molecule has 94 valence electrons. The van der Waals surface area contributed by atoms with Crippen LogP contribution in [0.3, 0.4) is 0 Å². The lowest BCUT2D eigenvalue weighted by molar-refractivity contribution is 1.28. The molecule has 0 atom stereocenters. The fourth-order valence-electron chi connectivity index (χ4n) is 2.39. The molecular formula is C17H14ClN. The predicted molar refractivity (Wildman–Crippen MR) is 81.7 cm³/mol. The fraction of sp³-hybridized carbons (Fsp3) is 0.118. The Morgan fingerprint density at radius 2 is 1.68 bits per heavy atom. The van der Waals surface area contributed by atoms with Crippen molar-refractivity contribution in [1.82, 2.24) is 4.98 Å². The van der Waals surface area contributed by atoms with E-state index in [1.165, 1.54) is 16.5 Å². The lowest BCUT2D eigenvalue weighted by atomic mass is 9.99. The summed E-state index contributed by atoms with van der Waals surface area (Å²) in [7, 11) is 0. The molecule has 0 radical (unpaired) electrons. The summed E-state index contributed by atoms with van der Waals surface area (Å²) in [6.45, 7) is 4.26. The van der Waals surface area contributed by atoms with Gasteiger partial charge < -0.3 is 0 Å².